The largest absolute Gasteiger partial charge is 0.341 e. The summed E-state index contributed by atoms with van der Waals surface area (Å²) in [4.78, 5) is 32.7. The summed E-state index contributed by atoms with van der Waals surface area (Å²) in [6.07, 6.45) is 4.36. The van der Waals surface area contributed by atoms with Gasteiger partial charge in [-0.3, -0.25) is 14.6 Å². The molecule has 0 atom stereocenters. The Labute approximate surface area is 152 Å². The van der Waals surface area contributed by atoms with Gasteiger partial charge in [-0.05, 0) is 36.2 Å². The van der Waals surface area contributed by atoms with Crippen molar-refractivity contribution in [2.24, 2.45) is 0 Å². The highest BCUT2D eigenvalue weighted by atomic mass is 35.5. The maximum Gasteiger partial charge on any atom is 0.255 e. The molecule has 1 fully saturated rings. The fraction of sp³-hybridized carbons (Fsp3) is 0.316. The Balaban J connectivity index is 1.58. The number of hydrogen-bond acceptors (Lipinski definition) is 3. The van der Waals surface area contributed by atoms with Crippen molar-refractivity contribution >= 4 is 23.4 Å². The molecule has 130 valence electrons. The smallest absolute Gasteiger partial charge is 0.255 e. The van der Waals surface area contributed by atoms with Gasteiger partial charge in [0.1, 0.15) is 0 Å². The molecule has 2 amide bonds. The zero-order valence-electron chi connectivity index (χ0n) is 13.9. The molecule has 1 saturated heterocycles. The van der Waals surface area contributed by atoms with Crippen LogP contribution in [0, 0.1) is 0 Å². The average molecular weight is 358 g/mol. The molecule has 0 spiro atoms. The van der Waals surface area contributed by atoms with Gasteiger partial charge in [-0.15, -0.1) is 0 Å². The highest BCUT2D eigenvalue weighted by Gasteiger charge is 2.22. The molecule has 6 heteroatoms. The maximum absolute atomic E-state index is 12.5. The summed E-state index contributed by atoms with van der Waals surface area (Å²) >= 11 is 5.88. The quantitative estimate of drug-likeness (QED) is 0.848. The molecule has 0 saturated carbocycles. The number of hydrogen-bond donors (Lipinski definition) is 0. The molecule has 1 aliphatic rings. The van der Waals surface area contributed by atoms with E-state index in [-0.39, 0.29) is 11.8 Å². The van der Waals surface area contributed by atoms with Crippen LogP contribution in [0.4, 0.5) is 0 Å². The van der Waals surface area contributed by atoms with Crippen LogP contribution in [0.25, 0.3) is 0 Å². The van der Waals surface area contributed by atoms with Crippen LogP contribution in [-0.4, -0.2) is 52.8 Å². The minimum Gasteiger partial charge on any atom is -0.341 e. The van der Waals surface area contributed by atoms with E-state index in [0.29, 0.717) is 43.2 Å². The van der Waals surface area contributed by atoms with E-state index in [4.69, 9.17) is 11.6 Å². The summed E-state index contributed by atoms with van der Waals surface area (Å²) in [5.41, 5.74) is 1.53. The number of pyridine rings is 1. The van der Waals surface area contributed by atoms with Crippen LogP contribution in [0.15, 0.2) is 48.8 Å². The summed E-state index contributed by atoms with van der Waals surface area (Å²) in [7, 11) is 0. The van der Waals surface area contributed by atoms with Crippen LogP contribution in [0.1, 0.15) is 22.3 Å². The van der Waals surface area contributed by atoms with E-state index in [1.807, 2.05) is 17.0 Å². The van der Waals surface area contributed by atoms with Crippen LogP contribution < -0.4 is 0 Å². The fourth-order valence-electron chi connectivity index (χ4n) is 2.93. The van der Waals surface area contributed by atoms with Gasteiger partial charge in [-0.25, -0.2) is 0 Å². The molecular weight excluding hydrogens is 338 g/mol. The number of carbonyl (C=O) groups is 2. The van der Waals surface area contributed by atoms with E-state index < -0.39 is 0 Å². The van der Waals surface area contributed by atoms with Crippen molar-refractivity contribution in [1.82, 2.24) is 14.8 Å². The standard InChI is InChI=1S/C19H20ClN3O2/c20-17-6-4-15(5-7-17)13-18(24)22-9-2-10-23(12-11-22)19(25)16-3-1-8-21-14-16/h1,3-8,14H,2,9-13H2. The maximum atomic E-state index is 12.5. The molecule has 2 heterocycles. The van der Waals surface area contributed by atoms with Gasteiger partial charge in [0.05, 0.1) is 12.0 Å². The van der Waals surface area contributed by atoms with Gasteiger partial charge in [0.15, 0.2) is 0 Å². The third-order valence-corrected chi connectivity index (χ3v) is 4.56. The second kappa shape index (κ2) is 8.12. The lowest BCUT2D eigenvalue weighted by Crippen LogP contribution is -2.38. The Morgan fingerprint density at radius 3 is 2.44 bits per heavy atom. The van der Waals surface area contributed by atoms with E-state index in [9.17, 15) is 9.59 Å². The molecule has 0 radical (unpaired) electrons. The van der Waals surface area contributed by atoms with Crippen LogP contribution >= 0.6 is 11.6 Å². The van der Waals surface area contributed by atoms with Crippen molar-refractivity contribution < 1.29 is 9.59 Å². The number of nitrogens with zero attached hydrogens (tertiary/aromatic N) is 3. The zero-order chi connectivity index (χ0) is 17.6. The highest BCUT2D eigenvalue weighted by Crippen LogP contribution is 2.13. The van der Waals surface area contributed by atoms with E-state index in [1.54, 1.807) is 41.6 Å². The Hall–Kier alpha value is -2.40. The minimum atomic E-state index is -0.0277. The first kappa shape index (κ1) is 17.4. The third kappa shape index (κ3) is 4.57. The first-order valence-corrected chi connectivity index (χ1v) is 8.73. The average Bonchev–Trinajstić information content (AvgIpc) is 2.90. The normalized spacial score (nSPS) is 14.9. The van der Waals surface area contributed by atoms with Crippen molar-refractivity contribution in [3.05, 3.63) is 64.9 Å². The van der Waals surface area contributed by atoms with Gasteiger partial charge in [0.25, 0.3) is 5.91 Å². The molecule has 0 N–H and O–H groups in total. The van der Waals surface area contributed by atoms with Gasteiger partial charge in [-0.1, -0.05) is 23.7 Å². The minimum absolute atomic E-state index is 0.0277. The lowest BCUT2D eigenvalue weighted by molar-refractivity contribution is -0.130. The number of amides is 2. The molecule has 1 aromatic carbocycles. The molecule has 2 aromatic rings. The monoisotopic (exact) mass is 357 g/mol. The number of halogens is 1. The van der Waals surface area contributed by atoms with Crippen molar-refractivity contribution in [2.75, 3.05) is 26.2 Å². The summed E-state index contributed by atoms with van der Waals surface area (Å²) in [6, 6.07) is 10.9. The van der Waals surface area contributed by atoms with E-state index in [1.165, 1.54) is 0 Å². The first-order chi connectivity index (χ1) is 12.1. The molecular formula is C19H20ClN3O2. The van der Waals surface area contributed by atoms with Crippen LogP contribution in [-0.2, 0) is 11.2 Å². The first-order valence-electron chi connectivity index (χ1n) is 8.35. The molecule has 5 nitrogen and oxygen atoms in total. The van der Waals surface area contributed by atoms with Gasteiger partial charge >= 0.3 is 0 Å². The van der Waals surface area contributed by atoms with Crippen molar-refractivity contribution in [3.63, 3.8) is 0 Å². The van der Waals surface area contributed by atoms with E-state index in [2.05, 4.69) is 4.98 Å². The zero-order valence-corrected chi connectivity index (χ0v) is 14.7. The molecule has 25 heavy (non-hydrogen) atoms. The van der Waals surface area contributed by atoms with E-state index >= 15 is 0 Å². The van der Waals surface area contributed by atoms with Gasteiger partial charge < -0.3 is 9.80 Å². The SMILES string of the molecule is O=C(Cc1ccc(Cl)cc1)N1CCCN(C(=O)c2cccnc2)CC1. The van der Waals surface area contributed by atoms with Crippen LogP contribution in [0.5, 0.6) is 0 Å². The predicted molar refractivity (Wildman–Crippen MR) is 96.5 cm³/mol. The third-order valence-electron chi connectivity index (χ3n) is 4.31. The Morgan fingerprint density at radius 2 is 1.72 bits per heavy atom. The van der Waals surface area contributed by atoms with Crippen molar-refractivity contribution in [3.8, 4) is 0 Å². The van der Waals surface area contributed by atoms with Gasteiger partial charge in [-0.2, -0.15) is 0 Å². The molecule has 0 aliphatic carbocycles. The predicted octanol–water partition coefficient (Wildman–Crippen LogP) is 2.65. The summed E-state index contributed by atoms with van der Waals surface area (Å²) in [5.74, 6) is 0.0538. The lowest BCUT2D eigenvalue weighted by Gasteiger charge is -2.22. The summed E-state index contributed by atoms with van der Waals surface area (Å²) in [6.45, 7) is 2.42. The van der Waals surface area contributed by atoms with Gasteiger partial charge in [0, 0.05) is 43.6 Å². The molecule has 3 rings (SSSR count). The van der Waals surface area contributed by atoms with Crippen molar-refractivity contribution in [2.45, 2.75) is 12.8 Å². The topological polar surface area (TPSA) is 53.5 Å². The number of benzene rings is 1. The second-order valence-electron chi connectivity index (χ2n) is 6.07. The molecule has 0 bridgehead atoms. The van der Waals surface area contributed by atoms with Crippen molar-refractivity contribution in [1.29, 1.82) is 0 Å². The van der Waals surface area contributed by atoms with Crippen LogP contribution in [0.2, 0.25) is 5.02 Å². The number of rotatable bonds is 3. The van der Waals surface area contributed by atoms with Gasteiger partial charge in [0.2, 0.25) is 5.91 Å². The Bertz CT molecular complexity index is 734. The lowest BCUT2D eigenvalue weighted by atomic mass is 10.1. The number of carbonyl (C=O) groups excluding carboxylic acids is 2. The fourth-order valence-corrected chi connectivity index (χ4v) is 3.06. The molecule has 0 unspecified atom stereocenters. The molecule has 1 aliphatic heterocycles. The van der Waals surface area contributed by atoms with Crippen LogP contribution in [0.3, 0.4) is 0 Å². The number of aromatic nitrogens is 1. The Kier molecular flexibility index (Phi) is 5.66. The molecule has 1 aromatic heterocycles. The summed E-state index contributed by atoms with van der Waals surface area (Å²) in [5, 5.41) is 0.663. The highest BCUT2D eigenvalue weighted by molar-refractivity contribution is 6.30. The second-order valence-corrected chi connectivity index (χ2v) is 6.51. The summed E-state index contributed by atoms with van der Waals surface area (Å²) < 4.78 is 0. The van der Waals surface area contributed by atoms with E-state index in [0.717, 1.165) is 12.0 Å². The Morgan fingerprint density at radius 1 is 1.00 bits per heavy atom.